The zero-order valence-corrected chi connectivity index (χ0v) is 15.9. The van der Waals surface area contributed by atoms with Gasteiger partial charge in [-0.3, -0.25) is 9.59 Å². The van der Waals surface area contributed by atoms with E-state index in [4.69, 9.17) is 4.74 Å². The summed E-state index contributed by atoms with van der Waals surface area (Å²) < 4.78 is 5.68. The maximum atomic E-state index is 13.2. The number of carbonyl (C=O) groups is 2. The van der Waals surface area contributed by atoms with Crippen LogP contribution in [0.1, 0.15) is 40.0 Å². The van der Waals surface area contributed by atoms with E-state index < -0.39 is 6.04 Å². The number of para-hydroxylation sites is 1. The Balaban J connectivity index is 1.57. The second-order valence-corrected chi connectivity index (χ2v) is 6.92. The normalized spacial score (nSPS) is 16.1. The summed E-state index contributed by atoms with van der Waals surface area (Å²) in [5.74, 6) is 0.248. The van der Waals surface area contributed by atoms with Gasteiger partial charge in [-0.2, -0.15) is 0 Å². The van der Waals surface area contributed by atoms with Crippen molar-refractivity contribution in [1.82, 2.24) is 10.6 Å². The third kappa shape index (κ3) is 4.29. The fourth-order valence-corrected chi connectivity index (χ4v) is 3.50. The predicted octanol–water partition coefficient (Wildman–Crippen LogP) is 3.80. The van der Waals surface area contributed by atoms with Crippen LogP contribution >= 0.6 is 0 Å². The van der Waals surface area contributed by atoms with Gasteiger partial charge in [0.2, 0.25) is 5.91 Å². The molecule has 4 rings (SSSR count). The van der Waals surface area contributed by atoms with Crippen molar-refractivity contribution in [3.63, 3.8) is 0 Å². The van der Waals surface area contributed by atoms with Gasteiger partial charge in [0.25, 0.3) is 5.91 Å². The van der Waals surface area contributed by atoms with Gasteiger partial charge >= 0.3 is 0 Å². The molecule has 5 heteroatoms. The first-order valence-electron chi connectivity index (χ1n) is 9.65. The molecule has 1 aliphatic rings. The van der Waals surface area contributed by atoms with Crippen molar-refractivity contribution in [1.29, 1.82) is 0 Å². The Morgan fingerprint density at radius 1 is 0.862 bits per heavy atom. The van der Waals surface area contributed by atoms with Crippen LogP contribution in [0.4, 0.5) is 0 Å². The van der Waals surface area contributed by atoms with E-state index in [-0.39, 0.29) is 17.9 Å². The van der Waals surface area contributed by atoms with E-state index in [1.165, 1.54) is 0 Å². The highest BCUT2D eigenvalue weighted by Gasteiger charge is 2.28. The molecule has 3 aromatic rings. The molecular weight excluding hydrogens is 364 g/mol. The minimum absolute atomic E-state index is 0.160. The molecule has 5 nitrogen and oxygen atoms in total. The van der Waals surface area contributed by atoms with Gasteiger partial charge in [0.15, 0.2) is 0 Å². The molecule has 0 saturated heterocycles. The maximum Gasteiger partial charge on any atom is 0.252 e. The van der Waals surface area contributed by atoms with Crippen molar-refractivity contribution in [2.75, 3.05) is 6.61 Å². The molecule has 0 radical (unpaired) electrons. The topological polar surface area (TPSA) is 67.4 Å². The average molecular weight is 386 g/mol. The Morgan fingerprint density at radius 2 is 1.52 bits per heavy atom. The summed E-state index contributed by atoms with van der Waals surface area (Å²) >= 11 is 0. The van der Waals surface area contributed by atoms with E-state index in [0.29, 0.717) is 18.6 Å². The number of rotatable bonds is 5. The van der Waals surface area contributed by atoms with Gasteiger partial charge in [-0.25, -0.2) is 0 Å². The Bertz CT molecular complexity index is 989. The zero-order valence-electron chi connectivity index (χ0n) is 15.9. The minimum atomic E-state index is -0.793. The average Bonchev–Trinajstić information content (AvgIpc) is 2.78. The standard InChI is InChI=1S/C24H22N2O3/c27-23(18-11-5-2-6-12-18)26-22(17-9-3-1-4-10-17)24(28)25-20-15-16-29-21-14-8-7-13-19(20)21/h1-14,20,22H,15-16H2,(H,25,28)(H,26,27). The summed E-state index contributed by atoms with van der Waals surface area (Å²) in [4.78, 5) is 25.9. The van der Waals surface area contributed by atoms with Crippen LogP contribution in [0.2, 0.25) is 0 Å². The predicted molar refractivity (Wildman–Crippen MR) is 111 cm³/mol. The van der Waals surface area contributed by atoms with Crippen LogP contribution in [0, 0.1) is 0 Å². The number of fused-ring (bicyclic) bond motifs is 1. The molecule has 2 atom stereocenters. The van der Waals surface area contributed by atoms with Crippen LogP contribution in [0.25, 0.3) is 0 Å². The first-order chi connectivity index (χ1) is 14.2. The molecule has 2 N–H and O–H groups in total. The first-order valence-corrected chi connectivity index (χ1v) is 9.65. The summed E-state index contributed by atoms with van der Waals surface area (Å²) in [6.45, 7) is 0.536. The molecule has 1 aliphatic heterocycles. The molecule has 0 aromatic heterocycles. The Morgan fingerprint density at radius 3 is 2.28 bits per heavy atom. The van der Waals surface area contributed by atoms with Crippen LogP contribution in [0.3, 0.4) is 0 Å². The molecule has 1 heterocycles. The van der Waals surface area contributed by atoms with Gasteiger partial charge in [0.1, 0.15) is 11.8 Å². The molecule has 0 fully saturated rings. The van der Waals surface area contributed by atoms with Crippen LogP contribution in [-0.4, -0.2) is 18.4 Å². The third-order valence-electron chi connectivity index (χ3n) is 4.98. The molecule has 0 spiro atoms. The first kappa shape index (κ1) is 18.7. The number of hydrogen-bond donors (Lipinski definition) is 2. The van der Waals surface area contributed by atoms with Crippen LogP contribution < -0.4 is 15.4 Å². The molecule has 146 valence electrons. The lowest BCUT2D eigenvalue weighted by molar-refractivity contribution is -0.124. The number of amides is 2. The second-order valence-electron chi connectivity index (χ2n) is 6.92. The lowest BCUT2D eigenvalue weighted by Gasteiger charge is -2.28. The van der Waals surface area contributed by atoms with E-state index in [9.17, 15) is 9.59 Å². The van der Waals surface area contributed by atoms with Crippen molar-refractivity contribution in [3.05, 3.63) is 102 Å². The quantitative estimate of drug-likeness (QED) is 0.701. The van der Waals surface area contributed by atoms with Gasteiger partial charge in [-0.05, 0) is 23.8 Å². The highest BCUT2D eigenvalue weighted by molar-refractivity contribution is 5.97. The third-order valence-corrected chi connectivity index (χ3v) is 4.98. The van der Waals surface area contributed by atoms with Crippen molar-refractivity contribution in [2.45, 2.75) is 18.5 Å². The number of benzene rings is 3. The lowest BCUT2D eigenvalue weighted by atomic mass is 9.99. The van der Waals surface area contributed by atoms with E-state index >= 15 is 0 Å². The molecule has 0 bridgehead atoms. The highest BCUT2D eigenvalue weighted by atomic mass is 16.5. The second kappa shape index (κ2) is 8.61. The summed E-state index contributed by atoms with van der Waals surface area (Å²) in [6.07, 6.45) is 0.677. The highest BCUT2D eigenvalue weighted by Crippen LogP contribution is 2.32. The number of nitrogens with one attached hydrogen (secondary N) is 2. The minimum Gasteiger partial charge on any atom is -0.493 e. The molecule has 2 amide bonds. The van der Waals surface area contributed by atoms with Gasteiger partial charge in [-0.1, -0.05) is 66.7 Å². The summed E-state index contributed by atoms with van der Waals surface area (Å²) in [5, 5.41) is 5.98. The van der Waals surface area contributed by atoms with Crippen molar-refractivity contribution < 1.29 is 14.3 Å². The summed E-state index contributed by atoms with van der Waals surface area (Å²) in [6, 6.07) is 24.9. The molecule has 29 heavy (non-hydrogen) atoms. The van der Waals surface area contributed by atoms with Gasteiger partial charge in [-0.15, -0.1) is 0 Å². The Hall–Kier alpha value is -3.60. The van der Waals surface area contributed by atoms with Gasteiger partial charge in [0.05, 0.1) is 12.6 Å². The van der Waals surface area contributed by atoms with Crippen LogP contribution in [-0.2, 0) is 4.79 Å². The Labute approximate surface area is 169 Å². The van der Waals surface area contributed by atoms with Gasteiger partial charge < -0.3 is 15.4 Å². The summed E-state index contributed by atoms with van der Waals surface area (Å²) in [5.41, 5.74) is 2.19. The van der Waals surface area contributed by atoms with Crippen molar-refractivity contribution in [3.8, 4) is 5.75 Å². The van der Waals surface area contributed by atoms with E-state index in [2.05, 4.69) is 10.6 Å². The number of hydrogen-bond acceptors (Lipinski definition) is 3. The SMILES string of the molecule is O=C(NC(C(=O)NC1CCOc2ccccc21)c1ccccc1)c1ccccc1. The smallest absolute Gasteiger partial charge is 0.252 e. The largest absolute Gasteiger partial charge is 0.493 e. The monoisotopic (exact) mass is 386 g/mol. The zero-order chi connectivity index (χ0) is 20.1. The van der Waals surface area contributed by atoms with E-state index in [1.807, 2.05) is 60.7 Å². The lowest BCUT2D eigenvalue weighted by Crippen LogP contribution is -2.42. The fraction of sp³-hybridized carbons (Fsp3) is 0.167. The van der Waals surface area contributed by atoms with Gasteiger partial charge in [0, 0.05) is 17.5 Å². The molecule has 3 aromatic carbocycles. The van der Waals surface area contributed by atoms with E-state index in [1.54, 1.807) is 24.3 Å². The number of carbonyl (C=O) groups excluding carboxylic acids is 2. The van der Waals surface area contributed by atoms with E-state index in [0.717, 1.165) is 16.9 Å². The molecule has 2 unspecified atom stereocenters. The molecule has 0 aliphatic carbocycles. The number of ether oxygens (including phenoxy) is 1. The van der Waals surface area contributed by atoms with Crippen LogP contribution in [0.15, 0.2) is 84.9 Å². The fourth-order valence-electron chi connectivity index (χ4n) is 3.50. The van der Waals surface area contributed by atoms with Crippen molar-refractivity contribution in [2.24, 2.45) is 0 Å². The summed E-state index contributed by atoms with van der Waals surface area (Å²) in [7, 11) is 0. The van der Waals surface area contributed by atoms with Crippen LogP contribution in [0.5, 0.6) is 5.75 Å². The van der Waals surface area contributed by atoms with Crippen molar-refractivity contribution >= 4 is 11.8 Å². The molecular formula is C24H22N2O3. The Kier molecular flexibility index (Phi) is 5.56. The maximum absolute atomic E-state index is 13.2. The molecule has 0 saturated carbocycles.